The van der Waals surface area contributed by atoms with E-state index in [-0.39, 0.29) is 35.1 Å². The lowest BCUT2D eigenvalue weighted by Gasteiger charge is -2.36. The van der Waals surface area contributed by atoms with Crippen molar-refractivity contribution >= 4 is 27.8 Å². The van der Waals surface area contributed by atoms with E-state index in [0.29, 0.717) is 32.4 Å². The highest BCUT2D eigenvalue weighted by Crippen LogP contribution is 2.22. The molecule has 2 rings (SSSR count). The Kier molecular flexibility index (Phi) is 8.80. The molecule has 1 aliphatic rings. The predicted octanol–water partition coefficient (Wildman–Crippen LogP) is 1.47. The molecule has 32 heavy (non-hydrogen) atoms. The summed E-state index contributed by atoms with van der Waals surface area (Å²) in [4.78, 5) is 39.4. The molecular weight excluding hydrogens is 434 g/mol. The van der Waals surface area contributed by atoms with Gasteiger partial charge in [-0.05, 0) is 37.8 Å². The maximum atomic E-state index is 13.2. The summed E-state index contributed by atoms with van der Waals surface area (Å²) in [6.07, 6.45) is 1.43. The summed E-state index contributed by atoms with van der Waals surface area (Å²) in [7, 11) is -2.42. The molecule has 1 fully saturated rings. The molecule has 0 spiro atoms. The van der Waals surface area contributed by atoms with Crippen molar-refractivity contribution < 1.29 is 27.9 Å². The number of carbonyl (C=O) groups is 3. The number of likely N-dealkylation sites (N-methyl/N-ethyl adjacent to an activating group) is 1. The van der Waals surface area contributed by atoms with E-state index in [1.54, 1.807) is 17.0 Å². The summed E-state index contributed by atoms with van der Waals surface area (Å²) in [5, 5.41) is 8.87. The number of amides is 2. The molecule has 1 saturated heterocycles. The van der Waals surface area contributed by atoms with Gasteiger partial charge in [0, 0.05) is 26.1 Å². The Morgan fingerprint density at radius 1 is 1.19 bits per heavy atom. The highest BCUT2D eigenvalue weighted by molar-refractivity contribution is 7.89. The number of benzene rings is 1. The van der Waals surface area contributed by atoms with Crippen LogP contribution >= 0.6 is 0 Å². The average Bonchev–Trinajstić information content (AvgIpc) is 2.76. The van der Waals surface area contributed by atoms with Gasteiger partial charge in [0.05, 0.1) is 4.90 Å². The first-order chi connectivity index (χ1) is 15.0. The van der Waals surface area contributed by atoms with E-state index in [0.717, 1.165) is 5.56 Å². The number of aliphatic carboxylic acids is 1. The molecule has 0 unspecified atom stereocenters. The Balaban J connectivity index is 2.08. The summed E-state index contributed by atoms with van der Waals surface area (Å²) in [5.41, 5.74) is 0.935. The second-order valence-electron chi connectivity index (χ2n) is 8.49. The van der Waals surface area contributed by atoms with Crippen molar-refractivity contribution in [2.45, 2.75) is 51.0 Å². The number of hydrogen-bond acceptors (Lipinski definition) is 5. The highest BCUT2D eigenvalue weighted by atomic mass is 32.2. The number of aryl methyl sites for hydroxylation is 1. The molecule has 0 saturated carbocycles. The molecule has 178 valence electrons. The minimum absolute atomic E-state index is 0.106. The van der Waals surface area contributed by atoms with Crippen molar-refractivity contribution in [1.29, 1.82) is 0 Å². The van der Waals surface area contributed by atoms with E-state index in [9.17, 15) is 22.8 Å². The number of rotatable bonds is 9. The predicted molar refractivity (Wildman–Crippen MR) is 119 cm³/mol. The second-order valence-corrected chi connectivity index (χ2v) is 10.2. The molecule has 2 N–H and O–H groups in total. The lowest BCUT2D eigenvalue weighted by Crippen LogP contribution is -2.54. The summed E-state index contributed by atoms with van der Waals surface area (Å²) in [6.45, 7) is 5.86. The second kappa shape index (κ2) is 10.9. The molecule has 1 aromatic carbocycles. The summed E-state index contributed by atoms with van der Waals surface area (Å²) in [5.74, 6) is -2.21. The number of nitrogens with one attached hydrogen (secondary N) is 1. The molecule has 0 bridgehead atoms. The van der Waals surface area contributed by atoms with Crippen molar-refractivity contribution in [3.05, 3.63) is 29.8 Å². The van der Waals surface area contributed by atoms with E-state index in [2.05, 4.69) is 4.72 Å². The molecule has 1 aromatic rings. The summed E-state index contributed by atoms with van der Waals surface area (Å²) >= 11 is 0. The maximum Gasteiger partial charge on any atom is 0.323 e. The first-order valence-corrected chi connectivity index (χ1v) is 12.3. The quantitative estimate of drug-likeness (QED) is 0.567. The fraction of sp³-hybridized carbons (Fsp3) is 0.591. The van der Waals surface area contributed by atoms with Gasteiger partial charge in [-0.15, -0.1) is 0 Å². The fourth-order valence-corrected chi connectivity index (χ4v) is 5.03. The van der Waals surface area contributed by atoms with Crippen molar-refractivity contribution in [2.75, 3.05) is 26.7 Å². The van der Waals surface area contributed by atoms with Gasteiger partial charge >= 0.3 is 5.97 Å². The lowest BCUT2D eigenvalue weighted by atomic mass is 9.93. The fourth-order valence-electron chi connectivity index (χ4n) is 3.73. The van der Waals surface area contributed by atoms with Gasteiger partial charge in [-0.2, -0.15) is 4.72 Å². The highest BCUT2D eigenvalue weighted by Gasteiger charge is 2.36. The molecule has 1 aliphatic heterocycles. The Bertz CT molecular complexity index is 923. The first kappa shape index (κ1) is 25.8. The molecule has 0 radical (unpaired) electrons. The van der Waals surface area contributed by atoms with Crippen molar-refractivity contribution in [2.24, 2.45) is 11.8 Å². The molecule has 2 atom stereocenters. The Labute approximate surface area is 189 Å². The number of carboxylic acids is 1. The third-order valence-electron chi connectivity index (χ3n) is 6.00. The van der Waals surface area contributed by atoms with E-state index >= 15 is 0 Å². The number of piperidine rings is 1. The number of hydrogen-bond donors (Lipinski definition) is 2. The van der Waals surface area contributed by atoms with E-state index < -0.39 is 22.0 Å². The summed E-state index contributed by atoms with van der Waals surface area (Å²) < 4.78 is 28.4. The Hall–Kier alpha value is -2.46. The van der Waals surface area contributed by atoms with E-state index in [1.807, 2.05) is 20.8 Å². The monoisotopic (exact) mass is 467 g/mol. The molecule has 1 heterocycles. The number of carboxylic acid groups (broad SMARTS) is 1. The molecule has 0 aromatic heterocycles. The van der Waals surface area contributed by atoms with Crippen LogP contribution in [-0.2, 0) is 24.4 Å². The minimum atomic E-state index is -3.88. The van der Waals surface area contributed by atoms with Crippen LogP contribution in [-0.4, -0.2) is 73.8 Å². The van der Waals surface area contributed by atoms with Gasteiger partial charge in [0.15, 0.2) is 0 Å². The van der Waals surface area contributed by atoms with E-state index in [4.69, 9.17) is 5.11 Å². The number of carbonyl (C=O) groups excluding carboxylic acids is 2. The Morgan fingerprint density at radius 3 is 2.25 bits per heavy atom. The van der Waals surface area contributed by atoms with Crippen LogP contribution in [0.3, 0.4) is 0 Å². The number of sulfonamides is 1. The third-order valence-corrected chi connectivity index (χ3v) is 7.45. The lowest BCUT2D eigenvalue weighted by molar-refractivity contribution is -0.146. The number of nitrogens with zero attached hydrogens (tertiary/aromatic N) is 2. The zero-order valence-corrected chi connectivity index (χ0v) is 19.9. The molecular formula is C22H33N3O6S. The largest absolute Gasteiger partial charge is 0.480 e. The van der Waals surface area contributed by atoms with Crippen LogP contribution in [0, 0.1) is 18.8 Å². The maximum absolute atomic E-state index is 13.2. The minimum Gasteiger partial charge on any atom is -0.480 e. The molecule has 9 nitrogen and oxygen atoms in total. The third kappa shape index (κ3) is 6.52. The van der Waals surface area contributed by atoms with Crippen molar-refractivity contribution in [3.8, 4) is 0 Å². The standard InChI is InChI=1S/C22H33N3O6S/c1-5-16(3)20(23-32(30,31)18-8-6-15(2)7-9-18)22(29)25-12-10-17(11-13-25)21(28)24(4)14-19(26)27/h6-9,16-17,20,23H,5,10-14H2,1-4H3,(H,26,27)/t16-,20-/m0/s1. The van der Waals surface area contributed by atoms with Crippen LogP contribution in [0.2, 0.25) is 0 Å². The molecule has 10 heteroatoms. The van der Waals surface area contributed by atoms with Gasteiger partial charge in [-0.3, -0.25) is 14.4 Å². The van der Waals surface area contributed by atoms with Gasteiger partial charge < -0.3 is 14.9 Å². The molecule has 2 amide bonds. The average molecular weight is 468 g/mol. The van der Waals surface area contributed by atoms with Gasteiger partial charge in [0.1, 0.15) is 12.6 Å². The normalized spacial score (nSPS) is 16.9. The van der Waals surface area contributed by atoms with Crippen LogP contribution in [0.4, 0.5) is 0 Å². The van der Waals surface area contributed by atoms with Crippen LogP contribution in [0.5, 0.6) is 0 Å². The van der Waals surface area contributed by atoms with Crippen LogP contribution < -0.4 is 4.72 Å². The van der Waals surface area contributed by atoms with E-state index in [1.165, 1.54) is 24.1 Å². The first-order valence-electron chi connectivity index (χ1n) is 10.8. The molecule has 0 aliphatic carbocycles. The zero-order valence-electron chi connectivity index (χ0n) is 19.1. The topological polar surface area (TPSA) is 124 Å². The van der Waals surface area contributed by atoms with Crippen LogP contribution in [0.15, 0.2) is 29.2 Å². The van der Waals surface area contributed by atoms with Crippen LogP contribution in [0.1, 0.15) is 38.7 Å². The van der Waals surface area contributed by atoms with Gasteiger partial charge in [-0.1, -0.05) is 38.0 Å². The SMILES string of the molecule is CC[C@H](C)[C@H](NS(=O)(=O)c1ccc(C)cc1)C(=O)N1CCC(C(=O)N(C)CC(=O)O)CC1. The van der Waals surface area contributed by atoms with Crippen molar-refractivity contribution in [3.63, 3.8) is 0 Å². The van der Waals surface area contributed by atoms with Gasteiger partial charge in [0.2, 0.25) is 21.8 Å². The van der Waals surface area contributed by atoms with Gasteiger partial charge in [-0.25, -0.2) is 8.42 Å². The van der Waals surface area contributed by atoms with Crippen LogP contribution in [0.25, 0.3) is 0 Å². The smallest absolute Gasteiger partial charge is 0.323 e. The zero-order chi connectivity index (χ0) is 24.1. The van der Waals surface area contributed by atoms with Crippen molar-refractivity contribution in [1.82, 2.24) is 14.5 Å². The van der Waals surface area contributed by atoms with Gasteiger partial charge in [0.25, 0.3) is 0 Å². The summed E-state index contributed by atoms with van der Waals surface area (Å²) in [6, 6.07) is 5.53. The Morgan fingerprint density at radius 2 is 1.75 bits per heavy atom. The number of likely N-dealkylation sites (tertiary alicyclic amines) is 1.